The van der Waals surface area contributed by atoms with Crippen molar-refractivity contribution in [3.8, 4) is 0 Å². The van der Waals surface area contributed by atoms with Crippen LogP contribution in [0.25, 0.3) is 0 Å². The lowest BCUT2D eigenvalue weighted by molar-refractivity contribution is 0.786. The van der Waals surface area contributed by atoms with Gasteiger partial charge in [0.25, 0.3) is 0 Å². The predicted octanol–water partition coefficient (Wildman–Crippen LogP) is 3.42. The first-order chi connectivity index (χ1) is 5.50. The van der Waals surface area contributed by atoms with Crippen molar-refractivity contribution < 1.29 is 0 Å². The molecule has 1 rings (SSSR count). The molecule has 0 bridgehead atoms. The number of hydrogen-bond donors (Lipinski definition) is 0. The maximum atomic E-state index is 2.15. The van der Waals surface area contributed by atoms with Crippen molar-refractivity contribution in [3.63, 3.8) is 0 Å². The maximum absolute atomic E-state index is 2.15. The van der Waals surface area contributed by atoms with Gasteiger partial charge in [-0.05, 0) is 48.7 Å². The van der Waals surface area contributed by atoms with Gasteiger partial charge < -0.3 is 0 Å². The fourth-order valence-electron chi connectivity index (χ4n) is 1.20. The second-order valence-electron chi connectivity index (χ2n) is 2.99. The first-order valence-corrected chi connectivity index (χ1v) is 6.96. The molecule has 11 heavy (non-hydrogen) atoms. The van der Waals surface area contributed by atoms with Crippen LogP contribution < -0.4 is 0 Å². The number of hydrogen-bond acceptors (Lipinski definition) is 2. The Morgan fingerprint density at radius 1 is 0.455 bits per heavy atom. The Balaban J connectivity index is 2.02. The van der Waals surface area contributed by atoms with Crippen molar-refractivity contribution in [3.05, 3.63) is 0 Å². The van der Waals surface area contributed by atoms with Crippen molar-refractivity contribution in [2.45, 2.75) is 32.1 Å². The summed E-state index contributed by atoms with van der Waals surface area (Å²) >= 11 is 4.30. The van der Waals surface area contributed by atoms with Gasteiger partial charge in [0.2, 0.25) is 0 Å². The second kappa shape index (κ2) is 7.35. The monoisotopic (exact) mass is 190 g/mol. The SMILES string of the molecule is C1CCSCCCCSCC1. The van der Waals surface area contributed by atoms with Gasteiger partial charge in [-0.25, -0.2) is 0 Å². The average molecular weight is 190 g/mol. The maximum Gasteiger partial charge on any atom is -0.00672 e. The minimum atomic E-state index is 1.40. The standard InChI is InChI=1S/C9H18S2/c1-2-6-10-8-4-5-9-11-7-3-1/h1-9H2. The number of rotatable bonds is 0. The molecule has 0 aromatic heterocycles. The zero-order chi connectivity index (χ0) is 7.78. The molecular formula is C9H18S2. The highest BCUT2D eigenvalue weighted by atomic mass is 32.2. The molecule has 1 saturated heterocycles. The minimum Gasteiger partial charge on any atom is -0.162 e. The molecule has 2 heteroatoms. The molecule has 0 saturated carbocycles. The third-order valence-corrected chi connectivity index (χ3v) is 4.21. The Labute approximate surface area is 78.9 Å². The summed E-state index contributed by atoms with van der Waals surface area (Å²) in [6.07, 6.45) is 7.24. The van der Waals surface area contributed by atoms with Crippen molar-refractivity contribution >= 4 is 23.5 Å². The molecule has 0 spiro atoms. The molecule has 0 unspecified atom stereocenters. The fraction of sp³-hybridized carbons (Fsp3) is 1.00. The van der Waals surface area contributed by atoms with E-state index in [1.807, 2.05) is 0 Å². The lowest BCUT2D eigenvalue weighted by Gasteiger charge is -1.97. The molecule has 0 aromatic rings. The molecule has 0 nitrogen and oxygen atoms in total. The summed E-state index contributed by atoms with van der Waals surface area (Å²) in [4.78, 5) is 0. The van der Waals surface area contributed by atoms with Crippen LogP contribution in [0.1, 0.15) is 32.1 Å². The summed E-state index contributed by atoms with van der Waals surface area (Å²) in [5, 5.41) is 0. The molecule has 0 amide bonds. The van der Waals surface area contributed by atoms with Gasteiger partial charge in [-0.1, -0.05) is 6.42 Å². The van der Waals surface area contributed by atoms with Crippen molar-refractivity contribution in [1.82, 2.24) is 0 Å². The van der Waals surface area contributed by atoms with Gasteiger partial charge in [-0.15, -0.1) is 0 Å². The summed E-state index contributed by atoms with van der Waals surface area (Å²) in [6.45, 7) is 0. The highest BCUT2D eigenvalue weighted by Gasteiger charge is 1.96. The normalized spacial score (nSPS) is 24.0. The summed E-state index contributed by atoms with van der Waals surface area (Å²) < 4.78 is 0. The van der Waals surface area contributed by atoms with E-state index in [9.17, 15) is 0 Å². The summed E-state index contributed by atoms with van der Waals surface area (Å²) in [7, 11) is 0. The Kier molecular flexibility index (Phi) is 6.54. The van der Waals surface area contributed by atoms with Gasteiger partial charge in [0.15, 0.2) is 0 Å². The predicted molar refractivity (Wildman–Crippen MR) is 57.7 cm³/mol. The van der Waals surface area contributed by atoms with E-state index in [4.69, 9.17) is 0 Å². The Bertz CT molecular complexity index is 45.6. The molecule has 0 radical (unpaired) electrons. The smallest absolute Gasteiger partial charge is 0.00672 e. The van der Waals surface area contributed by atoms with E-state index in [-0.39, 0.29) is 0 Å². The zero-order valence-corrected chi connectivity index (χ0v) is 8.81. The Morgan fingerprint density at radius 2 is 0.818 bits per heavy atom. The first kappa shape index (κ1) is 9.79. The topological polar surface area (TPSA) is 0 Å². The van der Waals surface area contributed by atoms with Crippen LogP contribution in [-0.4, -0.2) is 23.0 Å². The molecule has 0 atom stereocenters. The van der Waals surface area contributed by atoms with Crippen LogP contribution in [0.4, 0.5) is 0 Å². The van der Waals surface area contributed by atoms with E-state index in [1.54, 1.807) is 0 Å². The summed E-state index contributed by atoms with van der Waals surface area (Å²) in [6, 6.07) is 0. The van der Waals surface area contributed by atoms with Crippen LogP contribution in [0.15, 0.2) is 0 Å². The van der Waals surface area contributed by atoms with Gasteiger partial charge in [0.1, 0.15) is 0 Å². The molecule has 1 aliphatic rings. The van der Waals surface area contributed by atoms with Crippen LogP contribution in [0.3, 0.4) is 0 Å². The quantitative estimate of drug-likeness (QED) is 0.574. The molecule has 0 N–H and O–H groups in total. The Hall–Kier alpha value is 0.700. The highest BCUT2D eigenvalue weighted by molar-refractivity contribution is 7.99. The third-order valence-electron chi connectivity index (χ3n) is 1.90. The van der Waals surface area contributed by atoms with Crippen LogP contribution >= 0.6 is 23.5 Å². The van der Waals surface area contributed by atoms with Crippen LogP contribution in [0.2, 0.25) is 0 Å². The lowest BCUT2D eigenvalue weighted by Crippen LogP contribution is -1.84. The average Bonchev–Trinajstić information content (AvgIpc) is 2.08. The molecule has 66 valence electrons. The van der Waals surface area contributed by atoms with Gasteiger partial charge >= 0.3 is 0 Å². The molecule has 1 heterocycles. The minimum absolute atomic E-state index is 1.40. The van der Waals surface area contributed by atoms with Crippen molar-refractivity contribution in [2.75, 3.05) is 23.0 Å². The van der Waals surface area contributed by atoms with Crippen LogP contribution in [0, 0.1) is 0 Å². The highest BCUT2D eigenvalue weighted by Crippen LogP contribution is 2.15. The van der Waals surface area contributed by atoms with E-state index >= 15 is 0 Å². The van der Waals surface area contributed by atoms with Gasteiger partial charge in [-0.2, -0.15) is 23.5 Å². The molecule has 0 aliphatic carbocycles. The van der Waals surface area contributed by atoms with Gasteiger partial charge in [0, 0.05) is 0 Å². The summed E-state index contributed by atoms with van der Waals surface area (Å²) in [5.74, 6) is 5.62. The van der Waals surface area contributed by atoms with Gasteiger partial charge in [-0.3, -0.25) is 0 Å². The number of thioether (sulfide) groups is 2. The second-order valence-corrected chi connectivity index (χ2v) is 5.44. The lowest BCUT2D eigenvalue weighted by atomic mass is 10.3. The molecule has 1 aliphatic heterocycles. The first-order valence-electron chi connectivity index (χ1n) is 4.65. The van der Waals surface area contributed by atoms with Gasteiger partial charge in [0.05, 0.1) is 0 Å². The molecule has 0 aromatic carbocycles. The summed E-state index contributed by atoms with van der Waals surface area (Å²) in [5.41, 5.74) is 0. The van der Waals surface area contributed by atoms with E-state index in [1.165, 1.54) is 55.1 Å². The van der Waals surface area contributed by atoms with Crippen LogP contribution in [-0.2, 0) is 0 Å². The van der Waals surface area contributed by atoms with Crippen molar-refractivity contribution in [2.24, 2.45) is 0 Å². The van der Waals surface area contributed by atoms with E-state index < -0.39 is 0 Å². The Morgan fingerprint density at radius 3 is 1.27 bits per heavy atom. The largest absolute Gasteiger partial charge is 0.162 e. The van der Waals surface area contributed by atoms with E-state index in [0.29, 0.717) is 0 Å². The van der Waals surface area contributed by atoms with Crippen molar-refractivity contribution in [1.29, 1.82) is 0 Å². The van der Waals surface area contributed by atoms with Crippen LogP contribution in [0.5, 0.6) is 0 Å². The molecular weight excluding hydrogens is 172 g/mol. The van der Waals surface area contributed by atoms with E-state index in [0.717, 1.165) is 0 Å². The fourth-order valence-corrected chi connectivity index (χ4v) is 3.24. The third kappa shape index (κ3) is 5.92. The zero-order valence-electron chi connectivity index (χ0n) is 7.18. The molecule has 1 fully saturated rings. The van der Waals surface area contributed by atoms with E-state index in [2.05, 4.69) is 23.5 Å².